The van der Waals surface area contributed by atoms with Crippen LogP contribution < -0.4 is 0 Å². The van der Waals surface area contributed by atoms with Gasteiger partial charge in [-0.15, -0.1) is 11.3 Å². The summed E-state index contributed by atoms with van der Waals surface area (Å²) in [6.45, 7) is 5.26. The molecule has 2 aromatic heterocycles. The van der Waals surface area contributed by atoms with Gasteiger partial charge in [0, 0.05) is 10.4 Å². The Kier molecular flexibility index (Phi) is 4.31. The molecule has 0 unspecified atom stereocenters. The van der Waals surface area contributed by atoms with E-state index in [2.05, 4.69) is 9.97 Å². The monoisotopic (exact) mass is 362 g/mol. The third-order valence-electron chi connectivity index (χ3n) is 3.63. The maximum Gasteiger partial charge on any atom is 0.319 e. The molecule has 3 aromatic rings. The van der Waals surface area contributed by atoms with Gasteiger partial charge in [-0.25, -0.2) is 14.4 Å². The van der Waals surface area contributed by atoms with Gasteiger partial charge in [0.2, 0.25) is 0 Å². The third-order valence-corrected chi connectivity index (χ3v) is 5.83. The summed E-state index contributed by atoms with van der Waals surface area (Å²) in [4.78, 5) is 21.9. The minimum Gasteiger partial charge on any atom is -0.480 e. The largest absolute Gasteiger partial charge is 0.480 e. The molecule has 1 aromatic carbocycles. The molecule has 124 valence electrons. The van der Waals surface area contributed by atoms with E-state index < -0.39 is 10.7 Å². The first-order chi connectivity index (χ1) is 11.3. The van der Waals surface area contributed by atoms with E-state index in [-0.39, 0.29) is 5.82 Å². The molecule has 0 aliphatic rings. The van der Waals surface area contributed by atoms with E-state index in [0.29, 0.717) is 5.03 Å². The van der Waals surface area contributed by atoms with Crippen molar-refractivity contribution in [3.8, 4) is 11.1 Å². The number of hydrogen-bond donors (Lipinski definition) is 1. The molecule has 24 heavy (non-hydrogen) atoms. The number of aromatic nitrogens is 2. The number of hydrogen-bond acceptors (Lipinski definition) is 5. The van der Waals surface area contributed by atoms with Gasteiger partial charge in [-0.2, -0.15) is 0 Å². The molecule has 0 saturated carbocycles. The van der Waals surface area contributed by atoms with Gasteiger partial charge in [-0.05, 0) is 38.5 Å². The lowest BCUT2D eigenvalue weighted by atomic mass is 10.0. The number of aryl methyl sites for hydroxylation is 1. The van der Waals surface area contributed by atoms with E-state index in [9.17, 15) is 14.3 Å². The number of benzene rings is 1. The molecule has 0 aliphatic carbocycles. The van der Waals surface area contributed by atoms with Gasteiger partial charge in [-0.3, -0.25) is 4.79 Å². The van der Waals surface area contributed by atoms with Gasteiger partial charge in [0.1, 0.15) is 26.7 Å². The number of aliphatic carboxylic acids is 1. The van der Waals surface area contributed by atoms with Crippen LogP contribution in [0.5, 0.6) is 0 Å². The van der Waals surface area contributed by atoms with Gasteiger partial charge in [0.15, 0.2) is 0 Å². The Balaban J connectivity index is 2.22. The predicted molar refractivity (Wildman–Crippen MR) is 95.1 cm³/mol. The van der Waals surface area contributed by atoms with Crippen LogP contribution in [0, 0.1) is 12.7 Å². The first kappa shape index (κ1) is 16.9. The highest BCUT2D eigenvalue weighted by Crippen LogP contribution is 2.44. The Bertz CT molecular complexity index is 920. The lowest BCUT2D eigenvalue weighted by molar-refractivity contribution is -0.138. The Labute approximate surface area is 146 Å². The predicted octanol–water partition coefficient (Wildman–Crippen LogP) is 4.76. The first-order valence-electron chi connectivity index (χ1n) is 7.22. The number of carboxylic acids is 1. The second-order valence-corrected chi connectivity index (χ2v) is 8.63. The van der Waals surface area contributed by atoms with Gasteiger partial charge < -0.3 is 5.11 Å². The number of nitrogens with zero attached hydrogens (tertiary/aromatic N) is 2. The van der Waals surface area contributed by atoms with Crippen molar-refractivity contribution < 1.29 is 14.3 Å². The highest BCUT2D eigenvalue weighted by atomic mass is 32.2. The summed E-state index contributed by atoms with van der Waals surface area (Å²) in [6.07, 6.45) is 1.45. The summed E-state index contributed by atoms with van der Waals surface area (Å²) in [5, 5.41) is 10.8. The van der Waals surface area contributed by atoms with E-state index >= 15 is 0 Å². The fraction of sp³-hybridized carbons (Fsp3) is 0.235. The number of thiophene rings is 1. The molecule has 0 atom stereocenters. The highest BCUT2D eigenvalue weighted by Gasteiger charge is 2.31. The van der Waals surface area contributed by atoms with Crippen molar-refractivity contribution in [1.82, 2.24) is 9.97 Å². The summed E-state index contributed by atoms with van der Waals surface area (Å²) < 4.78 is 12.2. The van der Waals surface area contributed by atoms with Crippen molar-refractivity contribution in [3.63, 3.8) is 0 Å². The van der Waals surface area contributed by atoms with Crippen LogP contribution in [0.15, 0.2) is 35.6 Å². The zero-order valence-corrected chi connectivity index (χ0v) is 15.0. The minimum absolute atomic E-state index is 0.297. The molecule has 3 rings (SSSR count). The van der Waals surface area contributed by atoms with Crippen LogP contribution in [0.25, 0.3) is 21.3 Å². The molecule has 0 bridgehead atoms. The quantitative estimate of drug-likeness (QED) is 0.535. The molecule has 4 nitrogen and oxygen atoms in total. The van der Waals surface area contributed by atoms with Crippen LogP contribution >= 0.6 is 23.1 Å². The van der Waals surface area contributed by atoms with Crippen LogP contribution in [0.2, 0.25) is 0 Å². The number of carbonyl (C=O) groups is 1. The van der Waals surface area contributed by atoms with E-state index in [0.717, 1.165) is 26.2 Å². The Morgan fingerprint density at radius 2 is 1.92 bits per heavy atom. The molecule has 7 heteroatoms. The molecule has 0 fully saturated rings. The molecule has 0 saturated heterocycles. The smallest absolute Gasteiger partial charge is 0.319 e. The summed E-state index contributed by atoms with van der Waals surface area (Å²) in [6, 6.07) is 6.26. The number of thioether (sulfide) groups is 1. The molecule has 1 N–H and O–H groups in total. The lowest BCUT2D eigenvalue weighted by Crippen LogP contribution is -2.27. The Morgan fingerprint density at radius 1 is 1.25 bits per heavy atom. The van der Waals surface area contributed by atoms with Crippen LogP contribution in [-0.4, -0.2) is 25.8 Å². The SMILES string of the molecule is Cc1sc2ncnc(SC(C)(C)C(=O)O)c2c1-c1ccc(F)cc1. The zero-order chi connectivity index (χ0) is 17.5. The van der Waals surface area contributed by atoms with Crippen molar-refractivity contribution in [2.24, 2.45) is 0 Å². The minimum atomic E-state index is -1.02. The maximum absolute atomic E-state index is 13.2. The van der Waals surface area contributed by atoms with Crippen molar-refractivity contribution in [3.05, 3.63) is 41.3 Å². The van der Waals surface area contributed by atoms with Crippen LogP contribution in [0.3, 0.4) is 0 Å². The molecule has 2 heterocycles. The molecule has 0 spiro atoms. The summed E-state index contributed by atoms with van der Waals surface area (Å²) >= 11 is 2.71. The normalized spacial score (nSPS) is 11.8. The van der Waals surface area contributed by atoms with Crippen LogP contribution in [0.1, 0.15) is 18.7 Å². The van der Waals surface area contributed by atoms with Crippen molar-refractivity contribution in [2.45, 2.75) is 30.5 Å². The summed E-state index contributed by atoms with van der Waals surface area (Å²) in [7, 11) is 0. The average Bonchev–Trinajstić information content (AvgIpc) is 2.85. The second kappa shape index (κ2) is 6.14. The van der Waals surface area contributed by atoms with Crippen LogP contribution in [-0.2, 0) is 4.79 Å². The highest BCUT2D eigenvalue weighted by molar-refractivity contribution is 8.01. The Hall–Kier alpha value is -1.99. The standard InChI is InChI=1S/C17H15FN2O2S2/c1-9-12(10-4-6-11(18)7-5-10)13-14(23-9)19-8-20-15(13)24-17(2,3)16(21)22/h4-8H,1-3H3,(H,21,22). The Morgan fingerprint density at radius 3 is 2.54 bits per heavy atom. The molecular formula is C17H15FN2O2S2. The zero-order valence-electron chi connectivity index (χ0n) is 13.3. The fourth-order valence-electron chi connectivity index (χ4n) is 2.34. The molecular weight excluding hydrogens is 347 g/mol. The van der Waals surface area contributed by atoms with Crippen LogP contribution in [0.4, 0.5) is 4.39 Å². The van der Waals surface area contributed by atoms with Gasteiger partial charge in [0.05, 0.1) is 5.39 Å². The second-order valence-electron chi connectivity index (χ2n) is 5.82. The number of rotatable bonds is 4. The lowest BCUT2D eigenvalue weighted by Gasteiger charge is -2.18. The van der Waals surface area contributed by atoms with E-state index in [1.54, 1.807) is 26.0 Å². The number of halogens is 1. The third kappa shape index (κ3) is 3.01. The summed E-state index contributed by atoms with van der Waals surface area (Å²) in [5.74, 6) is -1.21. The van der Waals surface area contributed by atoms with E-state index in [1.807, 2.05) is 6.92 Å². The van der Waals surface area contributed by atoms with Gasteiger partial charge >= 0.3 is 5.97 Å². The van der Waals surface area contributed by atoms with E-state index in [1.165, 1.54) is 41.6 Å². The number of fused-ring (bicyclic) bond motifs is 1. The first-order valence-corrected chi connectivity index (χ1v) is 8.85. The van der Waals surface area contributed by atoms with Gasteiger partial charge in [0.25, 0.3) is 0 Å². The molecule has 0 amide bonds. The van der Waals surface area contributed by atoms with E-state index in [4.69, 9.17) is 0 Å². The van der Waals surface area contributed by atoms with Gasteiger partial charge in [-0.1, -0.05) is 23.9 Å². The molecule has 0 radical (unpaired) electrons. The fourth-order valence-corrected chi connectivity index (χ4v) is 4.39. The van der Waals surface area contributed by atoms with Crippen molar-refractivity contribution in [1.29, 1.82) is 0 Å². The maximum atomic E-state index is 13.2. The average molecular weight is 362 g/mol. The van der Waals surface area contributed by atoms with Crippen molar-refractivity contribution in [2.75, 3.05) is 0 Å². The molecule has 0 aliphatic heterocycles. The number of carboxylic acid groups (broad SMARTS) is 1. The topological polar surface area (TPSA) is 63.1 Å². The summed E-state index contributed by atoms with van der Waals surface area (Å²) in [5.41, 5.74) is 1.80. The van der Waals surface area contributed by atoms with Crippen molar-refractivity contribution >= 4 is 39.3 Å².